The van der Waals surface area contributed by atoms with Gasteiger partial charge < -0.3 is 5.41 Å². The van der Waals surface area contributed by atoms with Crippen LogP contribution in [0.4, 0.5) is 0 Å². The van der Waals surface area contributed by atoms with Gasteiger partial charge in [-0.2, -0.15) is 0 Å². The molecule has 0 aliphatic heterocycles. The molecule has 0 atom stereocenters. The highest BCUT2D eigenvalue weighted by Crippen LogP contribution is 2.24. The minimum Gasteiger partial charge on any atom is -0.305 e. The molecule has 0 radical (unpaired) electrons. The number of rotatable bonds is 2. The number of nitrogens with one attached hydrogen (secondary N) is 1. The van der Waals surface area contributed by atoms with Crippen molar-refractivity contribution in [2.45, 2.75) is 25.7 Å². The van der Waals surface area contributed by atoms with Crippen LogP contribution < -0.4 is 0 Å². The molecule has 0 bridgehead atoms. The van der Waals surface area contributed by atoms with Crippen molar-refractivity contribution in [3.05, 3.63) is 0 Å². The molecule has 9 heavy (non-hydrogen) atoms. The Labute approximate surface area is 54.8 Å². The molecule has 0 saturated heterocycles. The van der Waals surface area contributed by atoms with Gasteiger partial charge in [0.1, 0.15) is 0 Å². The maximum Gasteiger partial charge on any atom is 0.176 e. The van der Waals surface area contributed by atoms with Crippen molar-refractivity contribution in [3.8, 4) is 0 Å². The van der Waals surface area contributed by atoms with Crippen molar-refractivity contribution in [1.82, 2.24) is 0 Å². The van der Waals surface area contributed by atoms with Crippen molar-refractivity contribution in [2.24, 2.45) is 5.92 Å². The van der Waals surface area contributed by atoms with Crippen LogP contribution in [0.3, 0.4) is 0 Å². The van der Waals surface area contributed by atoms with Gasteiger partial charge in [-0.05, 0) is 12.8 Å². The molecule has 50 valence electrons. The molecule has 0 unspecified atom stereocenters. The van der Waals surface area contributed by atoms with Crippen LogP contribution >= 0.6 is 0 Å². The zero-order valence-electron chi connectivity index (χ0n) is 5.39. The molecule has 1 saturated carbocycles. The van der Waals surface area contributed by atoms with E-state index in [0.29, 0.717) is 0 Å². The van der Waals surface area contributed by atoms with Gasteiger partial charge in [-0.3, -0.25) is 4.79 Å². The summed E-state index contributed by atoms with van der Waals surface area (Å²) in [5.41, 5.74) is 0. The van der Waals surface area contributed by atoms with E-state index in [9.17, 15) is 4.79 Å². The summed E-state index contributed by atoms with van der Waals surface area (Å²) in [5, 5.41) is 6.70. The first-order chi connectivity index (χ1) is 4.34. The van der Waals surface area contributed by atoms with Crippen LogP contribution in [0.15, 0.2) is 0 Å². The summed E-state index contributed by atoms with van der Waals surface area (Å²) in [4.78, 5) is 10.8. The molecular formula is C7H11NO. The predicted octanol–water partition coefficient (Wildman–Crippen LogP) is 1.40. The van der Waals surface area contributed by atoms with E-state index in [1.165, 1.54) is 12.8 Å². The Morgan fingerprint density at radius 1 is 1.44 bits per heavy atom. The predicted molar refractivity (Wildman–Crippen MR) is 35.7 cm³/mol. The molecule has 0 heterocycles. The molecule has 0 aromatic rings. The lowest BCUT2D eigenvalue weighted by atomic mass is 10.0. The lowest BCUT2D eigenvalue weighted by molar-refractivity contribution is -0.115. The zero-order chi connectivity index (χ0) is 6.69. The molecule has 2 heteroatoms. The van der Waals surface area contributed by atoms with Crippen molar-refractivity contribution >= 4 is 12.0 Å². The first-order valence-electron chi connectivity index (χ1n) is 3.39. The van der Waals surface area contributed by atoms with Crippen LogP contribution in [0.1, 0.15) is 25.7 Å². The zero-order valence-corrected chi connectivity index (χ0v) is 5.39. The lowest BCUT2D eigenvalue weighted by Crippen LogP contribution is -2.10. The third-order valence-electron chi connectivity index (χ3n) is 1.90. The highest BCUT2D eigenvalue weighted by molar-refractivity contribution is 6.27. The van der Waals surface area contributed by atoms with Gasteiger partial charge in [-0.25, -0.2) is 0 Å². The number of carbonyl (C=O) groups excluding carboxylic acids is 1. The molecule has 2 nitrogen and oxygen atoms in total. The normalized spacial score (nSPS) is 20.0. The summed E-state index contributed by atoms with van der Waals surface area (Å²) >= 11 is 0. The summed E-state index contributed by atoms with van der Waals surface area (Å²) in [6, 6.07) is 0. The fourth-order valence-electron chi connectivity index (χ4n) is 1.33. The molecular weight excluding hydrogens is 114 g/mol. The Balaban J connectivity index is 2.41. The van der Waals surface area contributed by atoms with Crippen molar-refractivity contribution < 1.29 is 4.79 Å². The van der Waals surface area contributed by atoms with Crippen molar-refractivity contribution in [3.63, 3.8) is 0 Å². The first kappa shape index (κ1) is 6.46. The van der Waals surface area contributed by atoms with Crippen LogP contribution in [-0.2, 0) is 4.79 Å². The highest BCUT2D eigenvalue weighted by Gasteiger charge is 2.20. The van der Waals surface area contributed by atoms with Crippen LogP contribution in [-0.4, -0.2) is 12.0 Å². The second-order valence-electron chi connectivity index (χ2n) is 2.53. The maximum atomic E-state index is 10.8. The molecule has 1 aliphatic carbocycles. The molecule has 0 amide bonds. The monoisotopic (exact) mass is 125 g/mol. The third-order valence-corrected chi connectivity index (χ3v) is 1.90. The van der Waals surface area contributed by atoms with E-state index in [4.69, 9.17) is 5.41 Å². The van der Waals surface area contributed by atoms with Gasteiger partial charge in [0.15, 0.2) is 5.78 Å². The molecule has 0 aromatic heterocycles. The van der Waals surface area contributed by atoms with Gasteiger partial charge in [0.05, 0.1) is 6.21 Å². The minimum absolute atomic E-state index is 0.0208. The Bertz CT molecular complexity index is 125. The summed E-state index contributed by atoms with van der Waals surface area (Å²) in [7, 11) is 0. The van der Waals surface area contributed by atoms with Gasteiger partial charge in [0.25, 0.3) is 0 Å². The fourth-order valence-corrected chi connectivity index (χ4v) is 1.33. The van der Waals surface area contributed by atoms with E-state index in [-0.39, 0.29) is 11.7 Å². The summed E-state index contributed by atoms with van der Waals surface area (Å²) in [5.74, 6) is 0.218. The van der Waals surface area contributed by atoms with E-state index in [1.54, 1.807) is 0 Å². The SMILES string of the molecule is N=CC(=O)C1CCCC1. The topological polar surface area (TPSA) is 40.9 Å². The molecule has 1 aliphatic rings. The molecule has 1 rings (SSSR count). The Kier molecular flexibility index (Phi) is 1.98. The van der Waals surface area contributed by atoms with Gasteiger partial charge in [0, 0.05) is 5.92 Å². The van der Waals surface area contributed by atoms with E-state index in [0.717, 1.165) is 19.1 Å². The van der Waals surface area contributed by atoms with E-state index >= 15 is 0 Å². The van der Waals surface area contributed by atoms with Crippen molar-refractivity contribution in [2.75, 3.05) is 0 Å². The van der Waals surface area contributed by atoms with Gasteiger partial charge in [-0.15, -0.1) is 0 Å². The Hall–Kier alpha value is -0.660. The van der Waals surface area contributed by atoms with Gasteiger partial charge >= 0.3 is 0 Å². The number of Topliss-reactive ketones (excluding diaryl/α,β-unsaturated/α-hetero) is 1. The van der Waals surface area contributed by atoms with Crippen LogP contribution in [0, 0.1) is 11.3 Å². The summed E-state index contributed by atoms with van der Waals surface area (Å²) in [6.07, 6.45) is 5.31. The molecule has 1 N–H and O–H groups in total. The molecule has 0 spiro atoms. The van der Waals surface area contributed by atoms with Crippen LogP contribution in [0.25, 0.3) is 0 Å². The minimum atomic E-state index is 0.0208. The van der Waals surface area contributed by atoms with Crippen LogP contribution in [0.2, 0.25) is 0 Å². The molecule has 0 aromatic carbocycles. The van der Waals surface area contributed by atoms with E-state index in [1.807, 2.05) is 0 Å². The smallest absolute Gasteiger partial charge is 0.176 e. The third kappa shape index (κ3) is 1.37. The lowest BCUT2D eigenvalue weighted by Gasteiger charge is -1.99. The number of hydrogen-bond acceptors (Lipinski definition) is 2. The average molecular weight is 125 g/mol. The average Bonchev–Trinajstić information content (AvgIpc) is 2.37. The van der Waals surface area contributed by atoms with Crippen molar-refractivity contribution in [1.29, 1.82) is 5.41 Å². The maximum absolute atomic E-state index is 10.8. The standard InChI is InChI=1S/C7H11NO/c8-5-7(9)6-3-1-2-4-6/h5-6,8H,1-4H2. The quantitative estimate of drug-likeness (QED) is 0.557. The number of carbonyl (C=O) groups is 1. The summed E-state index contributed by atoms with van der Waals surface area (Å²) in [6.45, 7) is 0. The largest absolute Gasteiger partial charge is 0.305 e. The number of ketones is 1. The van der Waals surface area contributed by atoms with Crippen LogP contribution in [0.5, 0.6) is 0 Å². The van der Waals surface area contributed by atoms with E-state index < -0.39 is 0 Å². The molecule has 1 fully saturated rings. The second kappa shape index (κ2) is 2.76. The fraction of sp³-hybridized carbons (Fsp3) is 0.714. The van der Waals surface area contributed by atoms with E-state index in [2.05, 4.69) is 0 Å². The Morgan fingerprint density at radius 2 is 2.00 bits per heavy atom. The van der Waals surface area contributed by atoms with Gasteiger partial charge in [0.2, 0.25) is 0 Å². The summed E-state index contributed by atoms with van der Waals surface area (Å²) < 4.78 is 0. The first-order valence-corrected chi connectivity index (χ1v) is 3.39. The number of hydrogen-bond donors (Lipinski definition) is 1. The Morgan fingerprint density at radius 3 is 2.44 bits per heavy atom. The highest BCUT2D eigenvalue weighted by atomic mass is 16.1. The van der Waals surface area contributed by atoms with Gasteiger partial charge in [-0.1, -0.05) is 12.8 Å². The second-order valence-corrected chi connectivity index (χ2v) is 2.53.